The van der Waals surface area contributed by atoms with Crippen molar-refractivity contribution in [2.75, 3.05) is 7.11 Å². The summed E-state index contributed by atoms with van der Waals surface area (Å²) in [6.45, 7) is 4.97. The number of aromatic amines is 1. The van der Waals surface area contributed by atoms with Crippen molar-refractivity contribution in [2.24, 2.45) is 0 Å². The molecule has 0 aliphatic carbocycles. The molecule has 3 aromatic carbocycles. The number of hydrogen-bond donors (Lipinski definition) is 2. The van der Waals surface area contributed by atoms with E-state index in [1.165, 1.54) is 0 Å². The maximum atomic E-state index is 13.2. The van der Waals surface area contributed by atoms with Crippen LogP contribution in [-0.2, 0) is 19.6 Å². The number of carbonyl (C=O) groups is 1. The Morgan fingerprint density at radius 1 is 0.941 bits per heavy atom. The van der Waals surface area contributed by atoms with Gasteiger partial charge >= 0.3 is 6.03 Å². The van der Waals surface area contributed by atoms with Crippen LogP contribution in [-0.4, -0.2) is 23.0 Å². The summed E-state index contributed by atoms with van der Waals surface area (Å²) in [5, 5.41) is 3.94. The molecule has 34 heavy (non-hydrogen) atoms. The van der Waals surface area contributed by atoms with Crippen molar-refractivity contribution in [1.82, 2.24) is 15.2 Å². The van der Waals surface area contributed by atoms with Gasteiger partial charge in [-0.3, -0.25) is 4.79 Å². The SMILES string of the molecule is COc1ccc(CN(Cc2cc3ccc(C)c(C)c3[nH]c2=O)C(=O)NCc2ccccc2)cc1. The van der Waals surface area contributed by atoms with E-state index in [2.05, 4.69) is 10.3 Å². The number of hydrogen-bond acceptors (Lipinski definition) is 3. The largest absolute Gasteiger partial charge is 0.497 e. The molecule has 2 N–H and O–H groups in total. The lowest BCUT2D eigenvalue weighted by atomic mass is 10.0. The highest BCUT2D eigenvalue weighted by Crippen LogP contribution is 2.20. The van der Waals surface area contributed by atoms with Gasteiger partial charge in [0.15, 0.2) is 0 Å². The third-order valence-electron chi connectivity index (χ3n) is 6.10. The second-order valence-electron chi connectivity index (χ2n) is 8.44. The normalized spacial score (nSPS) is 10.8. The summed E-state index contributed by atoms with van der Waals surface area (Å²) in [7, 11) is 1.62. The van der Waals surface area contributed by atoms with Gasteiger partial charge in [-0.05, 0) is 59.7 Å². The number of pyridine rings is 1. The first-order chi connectivity index (χ1) is 16.4. The lowest BCUT2D eigenvalue weighted by molar-refractivity contribution is 0.191. The standard InChI is InChI=1S/C28H29N3O3/c1-19-9-12-23-15-24(27(32)30-26(23)20(19)2)18-31(17-22-10-13-25(34-3)14-11-22)28(33)29-16-21-7-5-4-6-8-21/h4-15H,16-18H2,1-3H3,(H,29,33)(H,30,32). The molecule has 0 aliphatic rings. The van der Waals surface area contributed by atoms with E-state index in [9.17, 15) is 9.59 Å². The number of aromatic nitrogens is 1. The average Bonchev–Trinajstić information content (AvgIpc) is 2.86. The molecular weight excluding hydrogens is 426 g/mol. The molecule has 0 unspecified atom stereocenters. The number of aryl methyl sites for hydroxylation is 2. The van der Waals surface area contributed by atoms with Crippen LogP contribution >= 0.6 is 0 Å². The lowest BCUT2D eigenvalue weighted by Crippen LogP contribution is -2.39. The molecule has 0 atom stereocenters. The fraction of sp³-hybridized carbons (Fsp3) is 0.214. The number of rotatable bonds is 7. The highest BCUT2D eigenvalue weighted by atomic mass is 16.5. The van der Waals surface area contributed by atoms with Crippen LogP contribution in [0, 0.1) is 13.8 Å². The molecule has 1 heterocycles. The minimum absolute atomic E-state index is 0.184. The summed E-state index contributed by atoms with van der Waals surface area (Å²) in [6, 6.07) is 23.0. The molecule has 0 spiro atoms. The highest BCUT2D eigenvalue weighted by Gasteiger charge is 2.17. The molecule has 0 bridgehead atoms. The van der Waals surface area contributed by atoms with E-state index >= 15 is 0 Å². The van der Waals surface area contributed by atoms with E-state index in [0.717, 1.165) is 38.9 Å². The van der Waals surface area contributed by atoms with Crippen molar-refractivity contribution in [3.05, 3.63) is 111 Å². The van der Waals surface area contributed by atoms with Crippen LogP contribution in [0.1, 0.15) is 27.8 Å². The molecule has 0 fully saturated rings. The fourth-order valence-corrected chi connectivity index (χ4v) is 3.93. The summed E-state index contributed by atoms with van der Waals surface area (Å²) in [5.41, 5.74) is 5.32. The average molecular weight is 456 g/mol. The number of nitrogens with one attached hydrogen (secondary N) is 2. The van der Waals surface area contributed by atoms with Crippen molar-refractivity contribution in [3.8, 4) is 5.75 Å². The first kappa shape index (κ1) is 23.1. The Hall–Kier alpha value is -4.06. The number of fused-ring (bicyclic) bond motifs is 1. The van der Waals surface area contributed by atoms with Crippen LogP contribution in [0.2, 0.25) is 0 Å². The van der Waals surface area contributed by atoms with Gasteiger partial charge in [-0.1, -0.05) is 54.6 Å². The van der Waals surface area contributed by atoms with Gasteiger partial charge in [0, 0.05) is 18.7 Å². The Balaban J connectivity index is 1.61. The summed E-state index contributed by atoms with van der Waals surface area (Å²) in [6.07, 6.45) is 0. The summed E-state index contributed by atoms with van der Waals surface area (Å²) >= 11 is 0. The topological polar surface area (TPSA) is 74.4 Å². The molecule has 0 radical (unpaired) electrons. The van der Waals surface area contributed by atoms with E-state index in [0.29, 0.717) is 18.7 Å². The predicted octanol–water partition coefficient (Wildman–Crippen LogP) is 5.07. The van der Waals surface area contributed by atoms with Crippen LogP contribution in [0.15, 0.2) is 77.6 Å². The second kappa shape index (κ2) is 10.3. The number of methoxy groups -OCH3 is 1. The lowest BCUT2D eigenvalue weighted by Gasteiger charge is -2.23. The first-order valence-corrected chi connectivity index (χ1v) is 11.3. The second-order valence-corrected chi connectivity index (χ2v) is 8.44. The third-order valence-corrected chi connectivity index (χ3v) is 6.10. The smallest absolute Gasteiger partial charge is 0.318 e. The number of urea groups is 1. The van der Waals surface area contributed by atoms with Crippen LogP contribution < -0.4 is 15.6 Å². The number of carbonyl (C=O) groups excluding carboxylic acids is 1. The van der Waals surface area contributed by atoms with Gasteiger partial charge in [0.2, 0.25) is 0 Å². The molecule has 6 heteroatoms. The highest BCUT2D eigenvalue weighted by molar-refractivity contribution is 5.83. The maximum absolute atomic E-state index is 13.2. The van der Waals surface area contributed by atoms with E-state index < -0.39 is 0 Å². The Morgan fingerprint density at radius 2 is 1.68 bits per heavy atom. The van der Waals surface area contributed by atoms with Gasteiger partial charge in [-0.15, -0.1) is 0 Å². The predicted molar refractivity (Wildman–Crippen MR) is 135 cm³/mol. The third kappa shape index (κ3) is 5.29. The number of amides is 2. The van der Waals surface area contributed by atoms with E-state index in [4.69, 9.17) is 4.74 Å². The van der Waals surface area contributed by atoms with Gasteiger partial charge < -0.3 is 19.9 Å². The molecule has 6 nitrogen and oxygen atoms in total. The van der Waals surface area contributed by atoms with Gasteiger partial charge in [-0.25, -0.2) is 4.79 Å². The zero-order valence-corrected chi connectivity index (χ0v) is 19.7. The quantitative estimate of drug-likeness (QED) is 0.409. The minimum atomic E-state index is -0.237. The molecule has 1 aromatic heterocycles. The molecule has 0 saturated heterocycles. The summed E-state index contributed by atoms with van der Waals surface area (Å²) < 4.78 is 5.24. The van der Waals surface area contributed by atoms with Gasteiger partial charge in [0.05, 0.1) is 19.2 Å². The zero-order chi connectivity index (χ0) is 24.1. The van der Waals surface area contributed by atoms with Crippen molar-refractivity contribution in [3.63, 3.8) is 0 Å². The van der Waals surface area contributed by atoms with Crippen LogP contribution in [0.25, 0.3) is 10.9 Å². The van der Waals surface area contributed by atoms with Crippen LogP contribution in [0.3, 0.4) is 0 Å². The molecule has 174 valence electrons. The van der Waals surface area contributed by atoms with Crippen molar-refractivity contribution >= 4 is 16.9 Å². The number of ether oxygens (including phenoxy) is 1. The molecule has 4 rings (SSSR count). The van der Waals surface area contributed by atoms with Crippen molar-refractivity contribution in [2.45, 2.75) is 33.5 Å². The molecule has 4 aromatic rings. The van der Waals surface area contributed by atoms with Gasteiger partial charge in [0.25, 0.3) is 5.56 Å². The van der Waals surface area contributed by atoms with Crippen molar-refractivity contribution in [1.29, 1.82) is 0 Å². The Morgan fingerprint density at radius 3 is 2.38 bits per heavy atom. The van der Waals surface area contributed by atoms with Crippen LogP contribution in [0.5, 0.6) is 5.75 Å². The molecule has 2 amide bonds. The zero-order valence-electron chi connectivity index (χ0n) is 19.7. The van der Waals surface area contributed by atoms with Crippen molar-refractivity contribution < 1.29 is 9.53 Å². The number of H-pyrrole nitrogens is 1. The summed E-state index contributed by atoms with van der Waals surface area (Å²) in [4.78, 5) is 30.8. The number of benzene rings is 3. The Labute approximate surface area is 199 Å². The first-order valence-electron chi connectivity index (χ1n) is 11.3. The molecular formula is C28H29N3O3. The van der Waals surface area contributed by atoms with Crippen LogP contribution in [0.4, 0.5) is 4.79 Å². The van der Waals surface area contributed by atoms with E-state index in [-0.39, 0.29) is 18.1 Å². The Kier molecular flexibility index (Phi) is 6.97. The molecule has 0 aliphatic heterocycles. The maximum Gasteiger partial charge on any atom is 0.318 e. The monoisotopic (exact) mass is 455 g/mol. The molecule has 0 saturated carbocycles. The van der Waals surface area contributed by atoms with E-state index in [1.807, 2.05) is 86.6 Å². The fourth-order valence-electron chi connectivity index (χ4n) is 3.93. The Bertz CT molecular complexity index is 1350. The van der Waals surface area contributed by atoms with Gasteiger partial charge in [0.1, 0.15) is 5.75 Å². The van der Waals surface area contributed by atoms with Gasteiger partial charge in [-0.2, -0.15) is 0 Å². The van der Waals surface area contributed by atoms with E-state index in [1.54, 1.807) is 12.0 Å². The number of nitrogens with zero attached hydrogens (tertiary/aromatic N) is 1. The minimum Gasteiger partial charge on any atom is -0.497 e. The summed E-state index contributed by atoms with van der Waals surface area (Å²) in [5.74, 6) is 0.750.